The summed E-state index contributed by atoms with van der Waals surface area (Å²) in [5, 5.41) is 5.34. The van der Waals surface area contributed by atoms with Crippen LogP contribution in [0.3, 0.4) is 0 Å². The van der Waals surface area contributed by atoms with Crippen LogP contribution in [-0.4, -0.2) is 31.9 Å². The second kappa shape index (κ2) is 7.73. The lowest BCUT2D eigenvalue weighted by Gasteiger charge is -2.19. The van der Waals surface area contributed by atoms with Crippen LogP contribution >= 0.6 is 11.6 Å². The van der Waals surface area contributed by atoms with Crippen molar-refractivity contribution in [1.29, 1.82) is 0 Å². The fourth-order valence-electron chi connectivity index (χ4n) is 3.10. The van der Waals surface area contributed by atoms with Gasteiger partial charge in [-0.2, -0.15) is 0 Å². The fourth-order valence-corrected chi connectivity index (χ4v) is 5.46. The topological polar surface area (TPSA) is 113 Å². The molecule has 0 unspecified atom stereocenters. The lowest BCUT2D eigenvalue weighted by molar-refractivity contribution is -0.123. The van der Waals surface area contributed by atoms with E-state index in [0.717, 1.165) is 0 Å². The number of nitrogens with zero attached hydrogens (tertiary/aromatic N) is 1. The van der Waals surface area contributed by atoms with E-state index in [9.17, 15) is 22.8 Å². The van der Waals surface area contributed by atoms with Crippen LogP contribution < -0.4 is 14.9 Å². The molecule has 2 aromatic rings. The number of hydrogen-bond donors (Lipinski definition) is 2. The number of carbonyl (C=O) groups excluding carboxylic acids is 3. The highest BCUT2D eigenvalue weighted by atomic mass is 35.5. The molecule has 10 heteroatoms. The van der Waals surface area contributed by atoms with Crippen LogP contribution in [0.1, 0.15) is 31.1 Å². The van der Waals surface area contributed by atoms with E-state index in [4.69, 9.17) is 11.6 Å². The van der Waals surface area contributed by atoms with Crippen molar-refractivity contribution >= 4 is 56.4 Å². The molecule has 0 saturated carbocycles. The summed E-state index contributed by atoms with van der Waals surface area (Å²) in [7, 11) is -3.90. The van der Waals surface area contributed by atoms with Crippen molar-refractivity contribution < 1.29 is 22.8 Å². The molecule has 1 fully saturated rings. The number of rotatable bonds is 4. The van der Waals surface area contributed by atoms with E-state index in [0.29, 0.717) is 15.7 Å². The van der Waals surface area contributed by atoms with Gasteiger partial charge < -0.3 is 10.6 Å². The number of sulfonamides is 1. The third kappa shape index (κ3) is 4.31. The summed E-state index contributed by atoms with van der Waals surface area (Å²) in [5.41, 5.74) is 0.0380. The van der Waals surface area contributed by atoms with Crippen LogP contribution in [0.5, 0.6) is 0 Å². The standard InChI is InChI=1S/C20H20ClN3O5S/c1-12(25)22-14-5-7-15(8-6-14)23-18(26)13-4-9-16(21)17(10-13)24-19(27)20(2,3)11-30(24,28)29/h4-10H,11H2,1-3H3,(H,22,25)(H,23,26). The lowest BCUT2D eigenvalue weighted by Crippen LogP contribution is -2.33. The first-order valence-electron chi connectivity index (χ1n) is 8.97. The minimum absolute atomic E-state index is 0.0424. The molecule has 8 nitrogen and oxygen atoms in total. The smallest absolute Gasteiger partial charge is 0.255 e. The number of hydrogen-bond acceptors (Lipinski definition) is 5. The van der Waals surface area contributed by atoms with Crippen LogP contribution in [0.25, 0.3) is 0 Å². The van der Waals surface area contributed by atoms with Crippen molar-refractivity contribution in [3.63, 3.8) is 0 Å². The van der Waals surface area contributed by atoms with Gasteiger partial charge in [0, 0.05) is 23.9 Å². The van der Waals surface area contributed by atoms with Gasteiger partial charge in [-0.1, -0.05) is 11.6 Å². The van der Waals surface area contributed by atoms with Gasteiger partial charge in [0.15, 0.2) is 0 Å². The predicted molar refractivity (Wildman–Crippen MR) is 115 cm³/mol. The SMILES string of the molecule is CC(=O)Nc1ccc(NC(=O)c2ccc(Cl)c(N3C(=O)C(C)(C)CS3(=O)=O)c2)cc1. The third-order valence-electron chi connectivity index (χ3n) is 4.48. The van der Waals surface area contributed by atoms with Crippen molar-refractivity contribution in [2.45, 2.75) is 20.8 Å². The highest BCUT2D eigenvalue weighted by Crippen LogP contribution is 2.39. The van der Waals surface area contributed by atoms with E-state index in [-0.39, 0.29) is 27.9 Å². The van der Waals surface area contributed by atoms with Crippen molar-refractivity contribution in [1.82, 2.24) is 0 Å². The molecular weight excluding hydrogens is 430 g/mol. The minimum Gasteiger partial charge on any atom is -0.326 e. The van der Waals surface area contributed by atoms with Crippen LogP contribution in [0.4, 0.5) is 17.1 Å². The molecule has 0 radical (unpaired) electrons. The predicted octanol–water partition coefficient (Wildman–Crippen LogP) is 3.25. The van der Waals surface area contributed by atoms with Gasteiger partial charge in [-0.25, -0.2) is 12.7 Å². The van der Waals surface area contributed by atoms with Crippen LogP contribution in [-0.2, 0) is 19.6 Å². The zero-order valence-electron chi connectivity index (χ0n) is 16.5. The van der Waals surface area contributed by atoms with E-state index in [1.54, 1.807) is 38.1 Å². The maximum Gasteiger partial charge on any atom is 0.255 e. The maximum absolute atomic E-state index is 12.6. The molecule has 158 valence electrons. The van der Waals surface area contributed by atoms with Crippen LogP contribution in [0.15, 0.2) is 42.5 Å². The summed E-state index contributed by atoms with van der Waals surface area (Å²) >= 11 is 6.16. The Bertz CT molecular complexity index is 1140. The van der Waals surface area contributed by atoms with Gasteiger partial charge in [0.25, 0.3) is 5.91 Å². The Labute approximate surface area is 179 Å². The Morgan fingerprint density at radius 1 is 1.03 bits per heavy atom. The van der Waals surface area contributed by atoms with Crippen molar-refractivity contribution in [3.8, 4) is 0 Å². The molecule has 2 aromatic carbocycles. The summed E-state index contributed by atoms with van der Waals surface area (Å²) in [6.45, 7) is 4.48. The molecule has 2 N–H and O–H groups in total. The Kier molecular flexibility index (Phi) is 5.62. The summed E-state index contributed by atoms with van der Waals surface area (Å²) in [5.74, 6) is -1.67. The molecule has 3 amide bonds. The molecule has 1 saturated heterocycles. The third-order valence-corrected chi connectivity index (χ3v) is 6.80. The molecular formula is C20H20ClN3O5S. The van der Waals surface area contributed by atoms with E-state index in [2.05, 4.69) is 10.6 Å². The van der Waals surface area contributed by atoms with E-state index in [1.807, 2.05) is 0 Å². The molecule has 0 spiro atoms. The highest BCUT2D eigenvalue weighted by Gasteiger charge is 2.50. The Morgan fingerprint density at radius 3 is 2.10 bits per heavy atom. The first kappa shape index (κ1) is 21.8. The van der Waals surface area contributed by atoms with E-state index in [1.165, 1.54) is 25.1 Å². The molecule has 0 bridgehead atoms. The van der Waals surface area contributed by atoms with Gasteiger partial charge in [-0.3, -0.25) is 14.4 Å². The Morgan fingerprint density at radius 2 is 1.60 bits per heavy atom. The van der Waals surface area contributed by atoms with Gasteiger partial charge in [0.2, 0.25) is 21.8 Å². The summed E-state index contributed by atoms with van der Waals surface area (Å²) in [6.07, 6.45) is 0. The van der Waals surface area contributed by atoms with Crippen molar-refractivity contribution in [2.24, 2.45) is 5.41 Å². The van der Waals surface area contributed by atoms with E-state index < -0.39 is 27.3 Å². The quantitative estimate of drug-likeness (QED) is 0.743. The largest absolute Gasteiger partial charge is 0.326 e. The van der Waals surface area contributed by atoms with E-state index >= 15 is 0 Å². The monoisotopic (exact) mass is 449 g/mol. The van der Waals surface area contributed by atoms with Crippen LogP contribution in [0, 0.1) is 5.41 Å². The second-order valence-corrected chi connectivity index (χ2v) is 9.81. The zero-order chi connectivity index (χ0) is 22.3. The molecule has 1 aliphatic rings. The zero-order valence-corrected chi connectivity index (χ0v) is 18.1. The van der Waals surface area contributed by atoms with Gasteiger partial charge in [0.05, 0.1) is 21.9 Å². The molecule has 0 aromatic heterocycles. The molecule has 30 heavy (non-hydrogen) atoms. The highest BCUT2D eigenvalue weighted by molar-refractivity contribution is 7.94. The molecule has 1 aliphatic heterocycles. The van der Waals surface area contributed by atoms with Gasteiger partial charge in [-0.15, -0.1) is 0 Å². The molecule has 0 aliphatic carbocycles. The Balaban J connectivity index is 1.87. The first-order valence-corrected chi connectivity index (χ1v) is 11.0. The normalized spacial score (nSPS) is 16.9. The fraction of sp³-hybridized carbons (Fsp3) is 0.250. The lowest BCUT2D eigenvalue weighted by atomic mass is 9.95. The summed E-state index contributed by atoms with van der Waals surface area (Å²) < 4.78 is 25.7. The van der Waals surface area contributed by atoms with Gasteiger partial charge in [0.1, 0.15) is 0 Å². The van der Waals surface area contributed by atoms with Crippen molar-refractivity contribution in [3.05, 3.63) is 53.1 Å². The first-order chi connectivity index (χ1) is 13.9. The average molecular weight is 450 g/mol. The van der Waals surface area contributed by atoms with Crippen LogP contribution in [0.2, 0.25) is 5.02 Å². The van der Waals surface area contributed by atoms with Gasteiger partial charge >= 0.3 is 0 Å². The number of benzene rings is 2. The number of amides is 3. The maximum atomic E-state index is 12.6. The average Bonchev–Trinajstić information content (AvgIpc) is 2.79. The molecule has 1 heterocycles. The number of halogens is 1. The second-order valence-electron chi connectivity index (χ2n) is 7.59. The Hall–Kier alpha value is -2.91. The number of anilines is 3. The van der Waals surface area contributed by atoms with Gasteiger partial charge in [-0.05, 0) is 56.3 Å². The number of carbonyl (C=O) groups is 3. The molecule has 3 rings (SSSR count). The minimum atomic E-state index is -3.90. The van der Waals surface area contributed by atoms with Crippen molar-refractivity contribution in [2.75, 3.05) is 20.7 Å². The summed E-state index contributed by atoms with van der Waals surface area (Å²) in [6, 6.07) is 10.6. The number of nitrogens with one attached hydrogen (secondary N) is 2. The molecule has 0 atom stereocenters. The summed E-state index contributed by atoms with van der Waals surface area (Å²) in [4.78, 5) is 36.4.